The van der Waals surface area contributed by atoms with Crippen LogP contribution < -0.4 is 0 Å². The highest BCUT2D eigenvalue weighted by atomic mass is 28.4. The van der Waals surface area contributed by atoms with Crippen LogP contribution in [-0.4, -0.2) is 28.8 Å². The molecule has 0 aromatic rings. The van der Waals surface area contributed by atoms with Crippen LogP contribution >= 0.6 is 0 Å². The molecule has 2 atom stereocenters. The van der Waals surface area contributed by atoms with E-state index in [9.17, 15) is 0 Å². The van der Waals surface area contributed by atoms with E-state index >= 15 is 0 Å². The molecule has 4 heteroatoms. The van der Waals surface area contributed by atoms with E-state index < -0.39 is 16.6 Å². The van der Waals surface area contributed by atoms with Gasteiger partial charge in [0.2, 0.25) is 0 Å². The van der Waals surface area contributed by atoms with Gasteiger partial charge in [-0.15, -0.1) is 0 Å². The van der Waals surface area contributed by atoms with E-state index in [-0.39, 0.29) is 0 Å². The Hall–Kier alpha value is 0.354. The van der Waals surface area contributed by atoms with Gasteiger partial charge in [0.05, 0.1) is 0 Å². The van der Waals surface area contributed by atoms with Gasteiger partial charge >= 0.3 is 0 Å². The lowest BCUT2D eigenvalue weighted by Crippen LogP contribution is -2.35. The summed E-state index contributed by atoms with van der Waals surface area (Å²) < 4.78 is 12.0. The van der Waals surface area contributed by atoms with Crippen LogP contribution in [0.25, 0.3) is 0 Å². The summed E-state index contributed by atoms with van der Waals surface area (Å²) in [5.74, 6) is 0. The van der Waals surface area contributed by atoms with E-state index in [0.717, 1.165) is 6.42 Å². The van der Waals surface area contributed by atoms with Gasteiger partial charge in [0.1, 0.15) is 0 Å². The van der Waals surface area contributed by atoms with Gasteiger partial charge < -0.3 is 8.85 Å². The van der Waals surface area contributed by atoms with Crippen LogP contribution in [0.5, 0.6) is 0 Å². The minimum atomic E-state index is -1.39. The first-order valence-electron chi connectivity index (χ1n) is 5.85. The lowest BCUT2D eigenvalue weighted by atomic mass is 10.2. The minimum Gasteiger partial charge on any atom is -0.415 e. The molecule has 0 heterocycles. The third kappa shape index (κ3) is 10.6. The fourth-order valence-corrected chi connectivity index (χ4v) is 4.38. The van der Waals surface area contributed by atoms with Crippen molar-refractivity contribution < 1.29 is 8.85 Å². The summed E-state index contributed by atoms with van der Waals surface area (Å²) in [6.07, 6.45) is 1.65. The van der Waals surface area contributed by atoms with Gasteiger partial charge in [0.25, 0.3) is 0 Å². The van der Waals surface area contributed by atoms with Crippen molar-refractivity contribution in [1.82, 2.24) is 0 Å². The standard InChI is InChI=1S/C11H28O2Si2/c1-10(12-14(3,4)5)9-11(2)13-15(6,7)8/h10-11H,9H2,1-8H3. The van der Waals surface area contributed by atoms with Crippen molar-refractivity contribution >= 4 is 16.6 Å². The molecule has 0 saturated heterocycles. The van der Waals surface area contributed by atoms with Crippen LogP contribution in [0.3, 0.4) is 0 Å². The molecule has 0 bridgehead atoms. The molecule has 0 aromatic heterocycles. The van der Waals surface area contributed by atoms with Crippen molar-refractivity contribution in [3.8, 4) is 0 Å². The van der Waals surface area contributed by atoms with Gasteiger partial charge in [-0.3, -0.25) is 0 Å². The monoisotopic (exact) mass is 248 g/mol. The van der Waals surface area contributed by atoms with Gasteiger partial charge in [-0.25, -0.2) is 0 Å². The van der Waals surface area contributed by atoms with Gasteiger partial charge in [-0.1, -0.05) is 0 Å². The van der Waals surface area contributed by atoms with Crippen molar-refractivity contribution in [1.29, 1.82) is 0 Å². The molecule has 0 radical (unpaired) electrons. The summed E-state index contributed by atoms with van der Waals surface area (Å²) in [5.41, 5.74) is 0. The van der Waals surface area contributed by atoms with Crippen LogP contribution in [0.4, 0.5) is 0 Å². The first-order chi connectivity index (χ1) is 6.49. The molecule has 0 aliphatic carbocycles. The molecule has 0 fully saturated rings. The van der Waals surface area contributed by atoms with Crippen LogP contribution in [0, 0.1) is 0 Å². The number of hydrogen-bond acceptors (Lipinski definition) is 2. The van der Waals surface area contributed by atoms with Crippen LogP contribution in [-0.2, 0) is 8.85 Å². The molecule has 2 unspecified atom stereocenters. The topological polar surface area (TPSA) is 18.5 Å². The summed E-state index contributed by atoms with van der Waals surface area (Å²) in [4.78, 5) is 0. The van der Waals surface area contributed by atoms with E-state index in [1.165, 1.54) is 0 Å². The Balaban J connectivity index is 3.92. The second-order valence-corrected chi connectivity index (χ2v) is 15.2. The fourth-order valence-electron chi connectivity index (χ4n) is 1.77. The van der Waals surface area contributed by atoms with Gasteiger partial charge in [-0.05, 0) is 59.6 Å². The van der Waals surface area contributed by atoms with Crippen molar-refractivity contribution in [2.24, 2.45) is 0 Å². The van der Waals surface area contributed by atoms with E-state index in [0.29, 0.717) is 12.2 Å². The molecule has 2 nitrogen and oxygen atoms in total. The molecule has 0 spiro atoms. The van der Waals surface area contributed by atoms with Crippen molar-refractivity contribution in [3.63, 3.8) is 0 Å². The largest absolute Gasteiger partial charge is 0.415 e. The highest BCUT2D eigenvalue weighted by molar-refractivity contribution is 6.70. The molecule has 0 aliphatic rings. The normalized spacial score (nSPS) is 17.6. The Labute approximate surface area is 97.6 Å². The Morgan fingerprint density at radius 2 is 1.00 bits per heavy atom. The summed E-state index contributed by atoms with van der Waals surface area (Å²) in [6, 6.07) is 0. The van der Waals surface area contributed by atoms with Crippen LogP contribution in [0.1, 0.15) is 20.3 Å². The second-order valence-electron chi connectivity index (χ2n) is 6.32. The fraction of sp³-hybridized carbons (Fsp3) is 1.00. The molecule has 0 rings (SSSR count). The minimum absolute atomic E-state index is 0.322. The van der Waals surface area contributed by atoms with Crippen molar-refractivity contribution in [3.05, 3.63) is 0 Å². The molecule has 0 aliphatic heterocycles. The molecular weight excluding hydrogens is 220 g/mol. The summed E-state index contributed by atoms with van der Waals surface area (Å²) in [5, 5.41) is 0. The summed E-state index contributed by atoms with van der Waals surface area (Å²) >= 11 is 0. The van der Waals surface area contributed by atoms with E-state index in [1.54, 1.807) is 0 Å². The highest BCUT2D eigenvalue weighted by Gasteiger charge is 2.23. The highest BCUT2D eigenvalue weighted by Crippen LogP contribution is 2.15. The summed E-state index contributed by atoms with van der Waals surface area (Å²) in [7, 11) is -2.78. The Morgan fingerprint density at radius 3 is 1.20 bits per heavy atom. The Kier molecular flexibility index (Phi) is 5.75. The van der Waals surface area contributed by atoms with E-state index in [4.69, 9.17) is 8.85 Å². The Morgan fingerprint density at radius 1 is 0.733 bits per heavy atom. The average Bonchev–Trinajstić information content (AvgIpc) is 1.73. The van der Waals surface area contributed by atoms with Crippen LogP contribution in [0.2, 0.25) is 39.3 Å². The predicted molar refractivity (Wildman–Crippen MR) is 72.4 cm³/mol. The molecular formula is C11H28O2Si2. The lowest BCUT2D eigenvalue weighted by Gasteiger charge is -2.29. The van der Waals surface area contributed by atoms with Gasteiger partial charge in [-0.2, -0.15) is 0 Å². The average molecular weight is 249 g/mol. The quantitative estimate of drug-likeness (QED) is 0.665. The van der Waals surface area contributed by atoms with Crippen molar-refractivity contribution in [2.45, 2.75) is 71.8 Å². The number of hydrogen-bond donors (Lipinski definition) is 0. The zero-order chi connectivity index (χ0) is 12.3. The molecule has 15 heavy (non-hydrogen) atoms. The molecule has 0 N–H and O–H groups in total. The molecule has 0 saturated carbocycles. The molecule has 0 amide bonds. The maximum Gasteiger partial charge on any atom is 0.184 e. The zero-order valence-corrected chi connectivity index (χ0v) is 13.7. The summed E-state index contributed by atoms with van der Waals surface area (Å²) in [6.45, 7) is 17.7. The molecule has 0 aromatic carbocycles. The van der Waals surface area contributed by atoms with E-state index in [1.807, 2.05) is 0 Å². The zero-order valence-electron chi connectivity index (χ0n) is 11.7. The third-order valence-electron chi connectivity index (χ3n) is 1.77. The van der Waals surface area contributed by atoms with Crippen molar-refractivity contribution in [2.75, 3.05) is 0 Å². The third-order valence-corrected chi connectivity index (χ3v) is 3.99. The second kappa shape index (κ2) is 5.61. The molecule has 92 valence electrons. The van der Waals surface area contributed by atoms with E-state index in [2.05, 4.69) is 53.1 Å². The first-order valence-corrected chi connectivity index (χ1v) is 12.7. The number of rotatable bonds is 6. The smallest absolute Gasteiger partial charge is 0.184 e. The van der Waals surface area contributed by atoms with Gasteiger partial charge in [0, 0.05) is 12.2 Å². The van der Waals surface area contributed by atoms with Gasteiger partial charge in [0.15, 0.2) is 16.6 Å². The maximum absolute atomic E-state index is 6.00. The first kappa shape index (κ1) is 15.4. The SMILES string of the molecule is CC(CC(C)O[Si](C)(C)C)O[Si](C)(C)C. The Bertz CT molecular complexity index is 162. The predicted octanol–water partition coefficient (Wildman–Crippen LogP) is 3.86. The lowest BCUT2D eigenvalue weighted by molar-refractivity contribution is 0.123. The van der Waals surface area contributed by atoms with Crippen LogP contribution in [0.15, 0.2) is 0 Å². The maximum atomic E-state index is 6.00.